The second-order valence-corrected chi connectivity index (χ2v) is 16.7. The zero-order chi connectivity index (χ0) is 43.4. The monoisotopic (exact) mass is 829 g/mol. The van der Waals surface area contributed by atoms with Crippen molar-refractivity contribution in [3.05, 3.63) is 118 Å². The van der Waals surface area contributed by atoms with Gasteiger partial charge in [0.2, 0.25) is 17.7 Å². The fourth-order valence-corrected chi connectivity index (χ4v) is 7.71. The molecule has 5 N–H and O–H groups in total. The predicted octanol–water partition coefficient (Wildman–Crippen LogP) is 6.48. The van der Waals surface area contributed by atoms with Crippen LogP contribution in [-0.2, 0) is 15.0 Å². The van der Waals surface area contributed by atoms with Crippen LogP contribution in [0.1, 0.15) is 103 Å². The minimum atomic E-state index is -0.672. The summed E-state index contributed by atoms with van der Waals surface area (Å²) in [5.41, 5.74) is 12.4. The molecule has 2 atom stereocenters. The molecule has 14 nitrogen and oxygen atoms in total. The molecule has 2 saturated heterocycles. The summed E-state index contributed by atoms with van der Waals surface area (Å²) >= 11 is 0. The number of nitrogens with zero attached hydrogens (tertiary/aromatic N) is 5. The lowest BCUT2D eigenvalue weighted by Crippen LogP contribution is -2.46. The van der Waals surface area contributed by atoms with E-state index in [9.17, 15) is 18.8 Å². The molecule has 5 aromatic rings. The van der Waals surface area contributed by atoms with Gasteiger partial charge in [-0.2, -0.15) is 4.98 Å². The number of aryl methyl sites for hydroxylation is 1. The van der Waals surface area contributed by atoms with Gasteiger partial charge in [0.15, 0.2) is 0 Å². The van der Waals surface area contributed by atoms with Crippen molar-refractivity contribution in [2.45, 2.75) is 71.3 Å². The number of imide groups is 1. The molecule has 3 aromatic carbocycles. The van der Waals surface area contributed by atoms with Crippen molar-refractivity contribution in [3.63, 3.8) is 0 Å². The van der Waals surface area contributed by atoms with Gasteiger partial charge in [-0.25, -0.2) is 9.37 Å². The number of nitrogens with one attached hydrogen (secondary N) is 3. The first kappa shape index (κ1) is 42.6. The third-order valence-corrected chi connectivity index (χ3v) is 11.2. The lowest BCUT2D eigenvalue weighted by Gasteiger charge is -2.36. The van der Waals surface area contributed by atoms with E-state index in [-0.39, 0.29) is 46.7 Å². The molecule has 1 unspecified atom stereocenters. The number of amides is 3. The molecule has 318 valence electrons. The first-order valence-electron chi connectivity index (χ1n) is 20.6. The number of halogens is 1. The number of nitrogens with two attached hydrogens (primary N) is 1. The molecule has 4 heterocycles. The third kappa shape index (κ3) is 9.94. The van der Waals surface area contributed by atoms with E-state index in [0.717, 1.165) is 67.1 Å². The number of ether oxygens (including phenoxy) is 1. The van der Waals surface area contributed by atoms with E-state index in [1.807, 2.05) is 58.9 Å². The first-order chi connectivity index (χ1) is 29.1. The molecule has 2 aliphatic heterocycles. The van der Waals surface area contributed by atoms with Gasteiger partial charge in [0.25, 0.3) is 11.7 Å². The Bertz CT molecular complexity index is 2440. The zero-order valence-corrected chi connectivity index (χ0v) is 35.2. The Balaban J connectivity index is 0.890. The van der Waals surface area contributed by atoms with Crippen molar-refractivity contribution < 1.29 is 28.0 Å². The Morgan fingerprint density at radius 1 is 1.05 bits per heavy atom. The van der Waals surface area contributed by atoms with Gasteiger partial charge in [-0.1, -0.05) is 56.3 Å². The highest BCUT2D eigenvalue weighted by molar-refractivity contribution is 6.14. The third-order valence-electron chi connectivity index (χ3n) is 11.2. The number of hydrogen-bond acceptors (Lipinski definition) is 12. The molecule has 0 spiro atoms. The van der Waals surface area contributed by atoms with Gasteiger partial charge in [-0.3, -0.25) is 30.0 Å². The van der Waals surface area contributed by atoms with Crippen molar-refractivity contribution in [3.8, 4) is 16.9 Å². The molecule has 2 aliphatic rings. The van der Waals surface area contributed by atoms with E-state index in [4.69, 9.17) is 20.4 Å². The van der Waals surface area contributed by atoms with Crippen LogP contribution in [-0.4, -0.2) is 82.8 Å². The summed E-state index contributed by atoms with van der Waals surface area (Å²) in [6.45, 7) is 14.5. The Labute approximate surface area is 354 Å². The molecule has 0 radical (unpaired) electrons. The van der Waals surface area contributed by atoms with Gasteiger partial charge in [0, 0.05) is 84.8 Å². The van der Waals surface area contributed by atoms with Crippen LogP contribution in [0.4, 0.5) is 15.9 Å². The van der Waals surface area contributed by atoms with Gasteiger partial charge in [-0.15, -0.1) is 0 Å². The minimum absolute atomic E-state index is 0.0172. The zero-order valence-electron chi connectivity index (χ0n) is 35.2. The van der Waals surface area contributed by atoms with Crippen LogP contribution in [0, 0.1) is 18.2 Å². The Morgan fingerprint density at radius 2 is 1.80 bits per heavy atom. The van der Waals surface area contributed by atoms with Crippen LogP contribution in [0.15, 0.2) is 77.4 Å². The number of carbonyl (C=O) groups excluding carboxylic acids is 3. The van der Waals surface area contributed by atoms with Gasteiger partial charge in [0.1, 0.15) is 17.4 Å². The normalized spacial score (nSPS) is 16.6. The summed E-state index contributed by atoms with van der Waals surface area (Å²) < 4.78 is 25.9. The number of piperidine rings is 1. The first-order valence-corrected chi connectivity index (χ1v) is 20.6. The summed E-state index contributed by atoms with van der Waals surface area (Å²) in [7, 11) is 0. The summed E-state index contributed by atoms with van der Waals surface area (Å²) in [6.07, 6.45) is 3.00. The maximum Gasteiger partial charge on any atom is 0.293 e. The largest absolute Gasteiger partial charge is 0.493 e. The smallest absolute Gasteiger partial charge is 0.293 e. The molecule has 0 aliphatic carbocycles. The number of piperazine rings is 1. The number of aromatic nitrogens is 3. The molecule has 0 saturated carbocycles. The Hall–Kier alpha value is -6.48. The number of pyridine rings is 1. The summed E-state index contributed by atoms with van der Waals surface area (Å²) in [5.74, 6) is -1.34. The highest BCUT2D eigenvalue weighted by Gasteiger charge is 2.30. The molecular weight excluding hydrogens is 778 g/mol. The van der Waals surface area contributed by atoms with E-state index in [2.05, 4.69) is 59.8 Å². The highest BCUT2D eigenvalue weighted by atomic mass is 19.1. The number of nitrogen functional groups attached to an aromatic ring is 1. The van der Waals surface area contributed by atoms with Gasteiger partial charge >= 0.3 is 0 Å². The average molecular weight is 830 g/mol. The van der Waals surface area contributed by atoms with Crippen LogP contribution >= 0.6 is 0 Å². The molecule has 7 rings (SSSR count). The number of rotatable bonds is 13. The summed E-state index contributed by atoms with van der Waals surface area (Å²) in [5, 5.41) is 18.2. The second kappa shape index (κ2) is 18.0. The van der Waals surface area contributed by atoms with E-state index in [1.54, 1.807) is 18.3 Å². The van der Waals surface area contributed by atoms with Crippen LogP contribution in [0.3, 0.4) is 0 Å². The van der Waals surface area contributed by atoms with E-state index in [0.29, 0.717) is 35.8 Å². The molecule has 2 aromatic heterocycles. The van der Waals surface area contributed by atoms with Crippen LogP contribution < -0.4 is 26.0 Å². The molecule has 2 fully saturated rings. The lowest BCUT2D eigenvalue weighted by molar-refractivity contribution is -0.134. The van der Waals surface area contributed by atoms with Crippen LogP contribution in [0.2, 0.25) is 0 Å². The maximum absolute atomic E-state index is 14.8. The topological polar surface area (TPSA) is 193 Å². The van der Waals surface area contributed by atoms with E-state index >= 15 is 0 Å². The lowest BCUT2D eigenvalue weighted by atomic mass is 9.90. The number of benzene rings is 3. The van der Waals surface area contributed by atoms with E-state index in [1.165, 1.54) is 6.07 Å². The number of hydrogen-bond donors (Lipinski definition) is 4. The molecular formula is C46H52FN9O5. The minimum Gasteiger partial charge on any atom is -0.493 e. The van der Waals surface area contributed by atoms with Crippen molar-refractivity contribution in [2.24, 2.45) is 0 Å². The summed E-state index contributed by atoms with van der Waals surface area (Å²) in [4.78, 5) is 50.0. The summed E-state index contributed by atoms with van der Waals surface area (Å²) in [6, 6.07) is 20.1. The maximum atomic E-state index is 14.8. The average Bonchev–Trinajstić information content (AvgIpc) is 3.75. The number of carbonyl (C=O) groups is 3. The molecule has 3 amide bonds. The van der Waals surface area contributed by atoms with Crippen LogP contribution in [0.5, 0.6) is 5.75 Å². The molecule has 61 heavy (non-hydrogen) atoms. The Kier molecular flexibility index (Phi) is 12.6. The number of anilines is 2. The highest BCUT2D eigenvalue weighted by Crippen LogP contribution is 2.31. The Morgan fingerprint density at radius 3 is 2.48 bits per heavy atom. The van der Waals surface area contributed by atoms with Crippen LogP contribution in [0.25, 0.3) is 11.1 Å². The van der Waals surface area contributed by atoms with Crippen molar-refractivity contribution in [1.82, 2.24) is 30.7 Å². The van der Waals surface area contributed by atoms with Gasteiger partial charge in [0.05, 0.1) is 24.3 Å². The fourth-order valence-electron chi connectivity index (χ4n) is 7.71. The van der Waals surface area contributed by atoms with Crippen molar-refractivity contribution in [2.75, 3.05) is 50.0 Å². The second-order valence-electron chi connectivity index (χ2n) is 16.7. The predicted molar refractivity (Wildman–Crippen MR) is 230 cm³/mol. The quantitative estimate of drug-likeness (QED) is 0.0577. The van der Waals surface area contributed by atoms with E-state index < -0.39 is 23.5 Å². The standard InChI is InChI=1S/C46H52FN9O5/c1-27-23-30(9-13-34(27)28(2)51-44(59)42-53-45(61-54-42)46(3,4)5)40(48)37-24-31(26-50-41(37)49)29-7-10-32(11-8-29)56-20-18-55(19-21-56)17-6-22-60-33-12-14-35(38(47)25-33)36-15-16-39(57)52-43(36)58/h7-14,23-26,28,36,48H,6,15-22H2,1-5H3,(H2,49,50)(H,51,59)(H,52,57,58)/t28-,36?/m1/s1. The molecule has 0 bridgehead atoms. The van der Waals surface area contributed by atoms with Crippen molar-refractivity contribution >= 4 is 34.9 Å². The molecule has 15 heteroatoms. The van der Waals surface area contributed by atoms with Gasteiger partial charge < -0.3 is 25.2 Å². The SMILES string of the molecule is Cc1cc(C(=N)c2cc(-c3ccc(N4CCN(CCCOc5ccc(C6CCC(=O)NC6=O)c(F)c5)CC4)cc3)cnc2N)ccc1[C@@H](C)NC(=O)c1noc(C(C)(C)C)n1. The fraction of sp³-hybridized carbons (Fsp3) is 0.370. The van der Waals surface area contributed by atoms with Crippen molar-refractivity contribution in [1.29, 1.82) is 5.41 Å². The van der Waals surface area contributed by atoms with Gasteiger partial charge in [-0.05, 0) is 73.7 Å².